The van der Waals surface area contributed by atoms with Crippen molar-refractivity contribution in [2.24, 2.45) is 0 Å². The third-order valence-electron chi connectivity index (χ3n) is 3.69. The molecule has 1 fully saturated rings. The lowest BCUT2D eigenvalue weighted by molar-refractivity contribution is -0.114. The minimum Gasteiger partial charge on any atom is -0.394 e. The molecular formula is C13H17N5O5. The van der Waals surface area contributed by atoms with Gasteiger partial charge < -0.3 is 25.0 Å². The molecule has 0 unspecified atom stereocenters. The van der Waals surface area contributed by atoms with Crippen LogP contribution in [-0.2, 0) is 14.3 Å². The molecule has 3 N–H and O–H groups in total. The van der Waals surface area contributed by atoms with E-state index in [0.29, 0.717) is 11.2 Å². The van der Waals surface area contributed by atoms with E-state index in [4.69, 9.17) is 9.47 Å². The zero-order chi connectivity index (χ0) is 16.6. The highest BCUT2D eigenvalue weighted by Gasteiger charge is 2.45. The number of hydrogen-bond acceptors (Lipinski definition) is 8. The summed E-state index contributed by atoms with van der Waals surface area (Å²) in [7, 11) is 1.45. The van der Waals surface area contributed by atoms with Crippen molar-refractivity contribution in [2.45, 2.75) is 31.5 Å². The predicted molar refractivity (Wildman–Crippen MR) is 77.4 cm³/mol. The summed E-state index contributed by atoms with van der Waals surface area (Å²) in [4.78, 5) is 23.6. The molecule has 4 atom stereocenters. The van der Waals surface area contributed by atoms with Crippen molar-refractivity contribution in [1.29, 1.82) is 0 Å². The van der Waals surface area contributed by atoms with Crippen LogP contribution in [0.3, 0.4) is 0 Å². The van der Waals surface area contributed by atoms with Crippen LogP contribution in [0.15, 0.2) is 12.7 Å². The molecule has 3 rings (SSSR count). The molecule has 1 aliphatic rings. The summed E-state index contributed by atoms with van der Waals surface area (Å²) in [6, 6.07) is 0. The molecule has 10 nitrogen and oxygen atoms in total. The highest BCUT2D eigenvalue weighted by Crippen LogP contribution is 2.33. The van der Waals surface area contributed by atoms with E-state index in [1.54, 1.807) is 4.57 Å². The fourth-order valence-corrected chi connectivity index (χ4v) is 2.64. The quantitative estimate of drug-likeness (QED) is 0.656. The van der Waals surface area contributed by atoms with Gasteiger partial charge in [0.15, 0.2) is 23.2 Å². The number of carbonyl (C=O) groups is 1. The Labute approximate surface area is 131 Å². The maximum absolute atomic E-state index is 11.2. The van der Waals surface area contributed by atoms with E-state index in [2.05, 4.69) is 20.3 Å². The van der Waals surface area contributed by atoms with Gasteiger partial charge in [0.05, 0.1) is 12.9 Å². The first-order valence-electron chi connectivity index (χ1n) is 6.99. The van der Waals surface area contributed by atoms with E-state index >= 15 is 0 Å². The minimum absolute atomic E-state index is 0.276. The molecule has 23 heavy (non-hydrogen) atoms. The largest absolute Gasteiger partial charge is 0.394 e. The number of rotatable bonds is 4. The second kappa shape index (κ2) is 6.16. The van der Waals surface area contributed by atoms with Crippen LogP contribution in [0.1, 0.15) is 13.2 Å². The molecule has 124 valence electrons. The average molecular weight is 323 g/mol. The molecule has 0 aliphatic carbocycles. The van der Waals surface area contributed by atoms with E-state index < -0.39 is 24.5 Å². The Bertz CT molecular complexity index is 720. The van der Waals surface area contributed by atoms with Crippen molar-refractivity contribution in [3.05, 3.63) is 12.7 Å². The lowest BCUT2D eigenvalue weighted by atomic mass is 10.1. The maximum Gasteiger partial charge on any atom is 0.222 e. The van der Waals surface area contributed by atoms with Gasteiger partial charge in [0.1, 0.15) is 24.6 Å². The molecule has 2 aromatic heterocycles. The smallest absolute Gasteiger partial charge is 0.222 e. The van der Waals surface area contributed by atoms with Crippen LogP contribution in [0.25, 0.3) is 11.2 Å². The van der Waals surface area contributed by atoms with E-state index in [1.807, 2.05) is 0 Å². The lowest BCUT2D eigenvalue weighted by Gasteiger charge is -2.19. The Morgan fingerprint density at radius 3 is 2.91 bits per heavy atom. The number of methoxy groups -OCH3 is 1. The molecule has 2 aromatic rings. The van der Waals surface area contributed by atoms with Crippen molar-refractivity contribution in [3.8, 4) is 0 Å². The molecule has 3 heterocycles. The van der Waals surface area contributed by atoms with Gasteiger partial charge in [0.2, 0.25) is 5.91 Å². The van der Waals surface area contributed by atoms with Gasteiger partial charge in [-0.1, -0.05) is 0 Å². The van der Waals surface area contributed by atoms with Crippen LogP contribution in [0.4, 0.5) is 5.82 Å². The number of anilines is 1. The lowest BCUT2D eigenvalue weighted by Crippen LogP contribution is -2.34. The van der Waals surface area contributed by atoms with Gasteiger partial charge in [-0.25, -0.2) is 15.0 Å². The summed E-state index contributed by atoms with van der Waals surface area (Å²) in [6.45, 7) is 1.03. The second-order valence-electron chi connectivity index (χ2n) is 5.17. The van der Waals surface area contributed by atoms with Crippen molar-refractivity contribution in [1.82, 2.24) is 19.5 Å². The number of aliphatic hydroxyl groups excluding tert-OH is 2. The van der Waals surface area contributed by atoms with Gasteiger partial charge in [0.25, 0.3) is 0 Å². The number of aliphatic hydroxyl groups is 2. The number of nitrogens with one attached hydrogen (secondary N) is 1. The summed E-state index contributed by atoms with van der Waals surface area (Å²) >= 11 is 0. The van der Waals surface area contributed by atoms with Gasteiger partial charge >= 0.3 is 0 Å². The standard InChI is InChI=1S/C13H17N5O5/c1-6(20)17-11-8-12(15-4-14-11)18(5-16-8)13-10(22-2)9(21)7(3-19)23-13/h4-5,7,9-10,13,19,21H,3H2,1-2H3,(H,14,15,17,20)/t7-,9-,10-,13-/m1/s1. The number of hydrogen-bond donors (Lipinski definition) is 3. The number of carbonyl (C=O) groups excluding carboxylic acids is 1. The predicted octanol–water partition coefficient (Wildman–Crippen LogP) is -0.950. The monoisotopic (exact) mass is 323 g/mol. The zero-order valence-electron chi connectivity index (χ0n) is 12.6. The number of imidazole rings is 1. The molecule has 0 aromatic carbocycles. The molecule has 10 heteroatoms. The van der Waals surface area contributed by atoms with Crippen molar-refractivity contribution < 1.29 is 24.5 Å². The first-order valence-corrected chi connectivity index (χ1v) is 6.99. The molecule has 1 saturated heterocycles. The summed E-state index contributed by atoms with van der Waals surface area (Å²) in [5, 5.41) is 22.0. The number of ether oxygens (including phenoxy) is 2. The normalized spacial score (nSPS) is 27.5. The zero-order valence-corrected chi connectivity index (χ0v) is 12.6. The first kappa shape index (κ1) is 15.7. The molecule has 1 amide bonds. The number of amides is 1. The van der Waals surface area contributed by atoms with Crippen LogP contribution >= 0.6 is 0 Å². The van der Waals surface area contributed by atoms with Crippen molar-refractivity contribution >= 4 is 22.9 Å². The maximum atomic E-state index is 11.2. The van der Waals surface area contributed by atoms with E-state index in [0.717, 1.165) is 0 Å². The first-order chi connectivity index (χ1) is 11.1. The van der Waals surface area contributed by atoms with E-state index in [1.165, 1.54) is 26.7 Å². The Morgan fingerprint density at radius 2 is 2.26 bits per heavy atom. The Hall–Kier alpha value is -2.14. The Balaban J connectivity index is 2.02. The summed E-state index contributed by atoms with van der Waals surface area (Å²) in [5.41, 5.74) is 0.810. The van der Waals surface area contributed by atoms with Crippen LogP contribution < -0.4 is 5.32 Å². The third kappa shape index (κ3) is 2.65. The minimum atomic E-state index is -0.982. The number of fused-ring (bicyclic) bond motifs is 1. The molecule has 1 aliphatic heterocycles. The van der Waals surface area contributed by atoms with Gasteiger partial charge in [0, 0.05) is 14.0 Å². The van der Waals surface area contributed by atoms with Crippen LogP contribution in [-0.4, -0.2) is 67.7 Å². The van der Waals surface area contributed by atoms with Gasteiger partial charge in [-0.3, -0.25) is 9.36 Å². The summed E-state index contributed by atoms with van der Waals surface area (Å²) < 4.78 is 12.5. The Morgan fingerprint density at radius 1 is 1.48 bits per heavy atom. The molecule has 0 radical (unpaired) electrons. The fraction of sp³-hybridized carbons (Fsp3) is 0.538. The molecule has 0 saturated carbocycles. The highest BCUT2D eigenvalue weighted by molar-refractivity contribution is 5.95. The van der Waals surface area contributed by atoms with Crippen molar-refractivity contribution in [3.63, 3.8) is 0 Å². The van der Waals surface area contributed by atoms with Crippen LogP contribution in [0.5, 0.6) is 0 Å². The fourth-order valence-electron chi connectivity index (χ4n) is 2.64. The highest BCUT2D eigenvalue weighted by atomic mass is 16.6. The van der Waals surface area contributed by atoms with Crippen molar-refractivity contribution in [2.75, 3.05) is 19.0 Å². The summed E-state index contributed by atoms with van der Waals surface area (Å²) in [5.74, 6) is 0.00896. The second-order valence-corrected chi connectivity index (χ2v) is 5.17. The summed E-state index contributed by atoms with van der Waals surface area (Å²) in [6.07, 6.45) is -0.389. The topological polar surface area (TPSA) is 132 Å². The average Bonchev–Trinajstić information content (AvgIpc) is 3.08. The van der Waals surface area contributed by atoms with E-state index in [9.17, 15) is 15.0 Å². The number of aromatic nitrogens is 4. The molecule has 0 bridgehead atoms. The van der Waals surface area contributed by atoms with Gasteiger partial charge in [-0.15, -0.1) is 0 Å². The van der Waals surface area contributed by atoms with Crippen LogP contribution in [0, 0.1) is 0 Å². The molecule has 0 spiro atoms. The van der Waals surface area contributed by atoms with Crippen LogP contribution in [0.2, 0.25) is 0 Å². The van der Waals surface area contributed by atoms with Gasteiger partial charge in [-0.05, 0) is 0 Å². The van der Waals surface area contributed by atoms with Gasteiger partial charge in [-0.2, -0.15) is 0 Å². The van der Waals surface area contributed by atoms with E-state index in [-0.39, 0.29) is 18.3 Å². The number of nitrogens with zero attached hydrogens (tertiary/aromatic N) is 4. The molecular weight excluding hydrogens is 306 g/mol. The third-order valence-corrected chi connectivity index (χ3v) is 3.69. The Kier molecular flexibility index (Phi) is 4.22. The SMILES string of the molecule is CO[C@@H]1[C@H](O)[C@@H](CO)O[C@H]1n1cnc2c(NC(C)=O)ncnc21.